The van der Waals surface area contributed by atoms with E-state index in [0.717, 1.165) is 28.1 Å². The van der Waals surface area contributed by atoms with Crippen molar-refractivity contribution in [3.8, 4) is 11.1 Å². The normalized spacial score (nSPS) is 10.7. The van der Waals surface area contributed by atoms with Crippen molar-refractivity contribution in [1.82, 2.24) is 14.6 Å². The van der Waals surface area contributed by atoms with Gasteiger partial charge >= 0.3 is 5.97 Å². The van der Waals surface area contributed by atoms with Gasteiger partial charge < -0.3 is 15.7 Å². The van der Waals surface area contributed by atoms with Crippen LogP contribution in [0.2, 0.25) is 0 Å². The molecule has 0 aliphatic heterocycles. The third kappa shape index (κ3) is 4.87. The van der Waals surface area contributed by atoms with E-state index in [1.165, 1.54) is 6.92 Å². The van der Waals surface area contributed by atoms with Gasteiger partial charge in [0, 0.05) is 36.5 Å². The molecule has 0 aliphatic rings. The zero-order valence-electron chi connectivity index (χ0n) is 16.9. The van der Waals surface area contributed by atoms with Gasteiger partial charge in [0.2, 0.25) is 5.91 Å². The highest BCUT2D eigenvalue weighted by Gasteiger charge is 2.10. The second-order valence-electron chi connectivity index (χ2n) is 7.11. The first-order valence-corrected chi connectivity index (χ1v) is 9.78. The summed E-state index contributed by atoms with van der Waals surface area (Å²) in [6, 6.07) is 17.0. The second-order valence-corrected chi connectivity index (χ2v) is 7.11. The predicted octanol–water partition coefficient (Wildman–Crippen LogP) is 4.12. The van der Waals surface area contributed by atoms with E-state index in [9.17, 15) is 9.59 Å². The molecule has 0 radical (unpaired) electrons. The fourth-order valence-electron chi connectivity index (χ4n) is 3.23. The molecule has 2 aromatic carbocycles. The average molecular weight is 415 g/mol. The number of aryl methyl sites for hydroxylation is 1. The van der Waals surface area contributed by atoms with Crippen LogP contribution in [-0.4, -0.2) is 31.6 Å². The number of benzene rings is 2. The Hall–Kier alpha value is -4.20. The van der Waals surface area contributed by atoms with E-state index >= 15 is 0 Å². The van der Waals surface area contributed by atoms with E-state index in [4.69, 9.17) is 10.1 Å². The van der Waals surface area contributed by atoms with Crippen LogP contribution in [0.5, 0.6) is 0 Å². The lowest BCUT2D eigenvalue weighted by Crippen LogP contribution is -2.05. The Kier molecular flexibility index (Phi) is 5.61. The molecule has 3 N–H and O–H groups in total. The maximum Gasteiger partial charge on any atom is 0.303 e. The van der Waals surface area contributed by atoms with Gasteiger partial charge in [-0.1, -0.05) is 24.3 Å². The van der Waals surface area contributed by atoms with E-state index in [1.54, 1.807) is 10.7 Å². The van der Waals surface area contributed by atoms with Crippen molar-refractivity contribution in [2.45, 2.75) is 19.8 Å². The van der Waals surface area contributed by atoms with Crippen molar-refractivity contribution in [3.05, 3.63) is 72.6 Å². The molecular weight excluding hydrogens is 394 g/mol. The molecule has 1 amide bonds. The van der Waals surface area contributed by atoms with Crippen molar-refractivity contribution in [1.29, 1.82) is 0 Å². The average Bonchev–Trinajstić information content (AvgIpc) is 3.17. The number of rotatable bonds is 7. The Bertz CT molecular complexity index is 1230. The van der Waals surface area contributed by atoms with Crippen molar-refractivity contribution in [2.75, 3.05) is 10.6 Å². The standard InChI is InChI=1S/C23H21N5O3/c1-15(29)25-18-7-9-19(10-8-18)26-21-12-13-28-23(27-21)20(14-24-28)17-5-2-16(3-6-17)4-11-22(30)31/h2-3,5-10,12-14H,4,11H2,1H3,(H,25,29)(H,26,27)(H,30,31). The topological polar surface area (TPSA) is 109 Å². The summed E-state index contributed by atoms with van der Waals surface area (Å²) in [5, 5.41) is 19.2. The number of nitrogens with zero attached hydrogens (tertiary/aromatic N) is 3. The van der Waals surface area contributed by atoms with Crippen molar-refractivity contribution >= 4 is 34.7 Å². The first-order valence-electron chi connectivity index (χ1n) is 9.78. The van der Waals surface area contributed by atoms with E-state index in [0.29, 0.717) is 17.9 Å². The quantitative estimate of drug-likeness (QED) is 0.419. The van der Waals surface area contributed by atoms with Crippen LogP contribution in [0.1, 0.15) is 18.9 Å². The molecule has 0 unspecified atom stereocenters. The van der Waals surface area contributed by atoms with E-state index in [2.05, 4.69) is 15.7 Å². The maximum absolute atomic E-state index is 11.1. The number of amides is 1. The van der Waals surface area contributed by atoms with Crippen molar-refractivity contribution in [2.24, 2.45) is 0 Å². The smallest absolute Gasteiger partial charge is 0.303 e. The minimum absolute atomic E-state index is 0.110. The third-order valence-electron chi connectivity index (χ3n) is 4.74. The lowest BCUT2D eigenvalue weighted by Gasteiger charge is -2.08. The number of fused-ring (bicyclic) bond motifs is 1. The van der Waals surface area contributed by atoms with Crippen LogP contribution in [0.25, 0.3) is 16.8 Å². The highest BCUT2D eigenvalue weighted by molar-refractivity contribution is 5.88. The Morgan fingerprint density at radius 2 is 1.71 bits per heavy atom. The number of carbonyl (C=O) groups excluding carboxylic acids is 1. The number of nitrogens with one attached hydrogen (secondary N) is 2. The molecule has 0 saturated carbocycles. The summed E-state index contributed by atoms with van der Waals surface area (Å²) < 4.78 is 1.71. The summed E-state index contributed by atoms with van der Waals surface area (Å²) in [6.07, 6.45) is 4.21. The summed E-state index contributed by atoms with van der Waals surface area (Å²) in [7, 11) is 0. The molecule has 0 aliphatic carbocycles. The van der Waals surface area contributed by atoms with Gasteiger partial charge in [0.05, 0.1) is 6.20 Å². The Morgan fingerprint density at radius 1 is 1.00 bits per heavy atom. The Morgan fingerprint density at radius 3 is 2.39 bits per heavy atom. The lowest BCUT2D eigenvalue weighted by atomic mass is 10.0. The van der Waals surface area contributed by atoms with Gasteiger partial charge in [0.25, 0.3) is 0 Å². The monoisotopic (exact) mass is 415 g/mol. The van der Waals surface area contributed by atoms with Crippen LogP contribution in [0.15, 0.2) is 67.0 Å². The van der Waals surface area contributed by atoms with Gasteiger partial charge in [0.15, 0.2) is 5.65 Å². The van der Waals surface area contributed by atoms with E-state index in [1.807, 2.05) is 60.8 Å². The van der Waals surface area contributed by atoms with Gasteiger partial charge in [-0.25, -0.2) is 9.50 Å². The number of anilines is 3. The first kappa shape index (κ1) is 20.1. The van der Waals surface area contributed by atoms with Crippen molar-refractivity contribution < 1.29 is 14.7 Å². The number of carboxylic acids is 1. The molecular formula is C23H21N5O3. The number of carboxylic acid groups (broad SMARTS) is 1. The molecule has 8 heteroatoms. The number of aromatic nitrogens is 3. The van der Waals surface area contributed by atoms with E-state index < -0.39 is 5.97 Å². The molecule has 0 bridgehead atoms. The van der Waals surface area contributed by atoms with Gasteiger partial charge in [-0.3, -0.25) is 9.59 Å². The zero-order valence-corrected chi connectivity index (χ0v) is 16.9. The number of carbonyl (C=O) groups is 2. The van der Waals surface area contributed by atoms with Crippen LogP contribution >= 0.6 is 0 Å². The minimum Gasteiger partial charge on any atom is -0.481 e. The molecule has 4 rings (SSSR count). The Labute approximate surface area is 178 Å². The summed E-state index contributed by atoms with van der Waals surface area (Å²) >= 11 is 0. The van der Waals surface area contributed by atoms with Crippen LogP contribution in [-0.2, 0) is 16.0 Å². The summed E-state index contributed by atoms with van der Waals surface area (Å²) in [5.74, 6) is -0.253. The molecule has 156 valence electrons. The molecule has 31 heavy (non-hydrogen) atoms. The fourth-order valence-corrected chi connectivity index (χ4v) is 3.23. The molecule has 0 atom stereocenters. The Balaban J connectivity index is 1.55. The predicted molar refractivity (Wildman–Crippen MR) is 118 cm³/mol. The lowest BCUT2D eigenvalue weighted by molar-refractivity contribution is -0.137. The molecule has 2 heterocycles. The first-order chi connectivity index (χ1) is 15.0. The molecule has 0 fully saturated rings. The molecule has 4 aromatic rings. The third-order valence-corrected chi connectivity index (χ3v) is 4.74. The largest absolute Gasteiger partial charge is 0.481 e. The van der Waals surface area contributed by atoms with E-state index in [-0.39, 0.29) is 12.3 Å². The zero-order chi connectivity index (χ0) is 21.8. The van der Waals surface area contributed by atoms with Gasteiger partial charge in [-0.2, -0.15) is 5.10 Å². The van der Waals surface area contributed by atoms with Gasteiger partial charge in [-0.15, -0.1) is 0 Å². The van der Waals surface area contributed by atoms with Gasteiger partial charge in [-0.05, 0) is 47.9 Å². The number of hydrogen-bond acceptors (Lipinski definition) is 5. The number of hydrogen-bond donors (Lipinski definition) is 3. The molecule has 2 aromatic heterocycles. The summed E-state index contributed by atoms with van der Waals surface area (Å²) in [5.41, 5.74) is 5.09. The van der Waals surface area contributed by atoms with Crippen LogP contribution in [0.4, 0.5) is 17.2 Å². The van der Waals surface area contributed by atoms with Crippen LogP contribution in [0.3, 0.4) is 0 Å². The van der Waals surface area contributed by atoms with Gasteiger partial charge in [0.1, 0.15) is 5.82 Å². The number of aliphatic carboxylic acids is 1. The summed E-state index contributed by atoms with van der Waals surface area (Å²) in [4.78, 5) is 26.6. The minimum atomic E-state index is -0.805. The molecule has 0 saturated heterocycles. The second kappa shape index (κ2) is 8.66. The fraction of sp³-hybridized carbons (Fsp3) is 0.130. The summed E-state index contributed by atoms with van der Waals surface area (Å²) in [6.45, 7) is 1.47. The SMILES string of the molecule is CC(=O)Nc1ccc(Nc2ccn3ncc(-c4ccc(CCC(=O)O)cc4)c3n2)cc1. The van der Waals surface area contributed by atoms with Crippen LogP contribution in [0, 0.1) is 0 Å². The highest BCUT2D eigenvalue weighted by atomic mass is 16.4. The van der Waals surface area contributed by atoms with Crippen LogP contribution < -0.4 is 10.6 Å². The van der Waals surface area contributed by atoms with Crippen molar-refractivity contribution in [3.63, 3.8) is 0 Å². The maximum atomic E-state index is 11.1. The highest BCUT2D eigenvalue weighted by Crippen LogP contribution is 2.26. The molecule has 8 nitrogen and oxygen atoms in total. The molecule has 0 spiro atoms.